The molecule has 82 valence electrons. The number of benzene rings is 1. The molecule has 0 bridgehead atoms. The van der Waals surface area contributed by atoms with E-state index in [2.05, 4.69) is 0 Å². The van der Waals surface area contributed by atoms with E-state index in [1.165, 1.54) is 7.11 Å². The number of ether oxygens (including phenoxy) is 1. The third-order valence-electron chi connectivity index (χ3n) is 2.83. The lowest BCUT2D eigenvalue weighted by atomic mass is 10.0. The first-order valence-corrected chi connectivity index (χ1v) is 5.09. The smallest absolute Gasteiger partial charge is 0.168 e. The Kier molecular flexibility index (Phi) is 2.43. The van der Waals surface area contributed by atoms with Gasteiger partial charge in [0.2, 0.25) is 0 Å². The molecule has 15 heavy (non-hydrogen) atoms. The largest absolute Gasteiger partial charge is 0.494 e. The van der Waals surface area contributed by atoms with E-state index in [0.717, 1.165) is 18.4 Å². The van der Waals surface area contributed by atoms with Crippen LogP contribution in [0.3, 0.4) is 0 Å². The van der Waals surface area contributed by atoms with Gasteiger partial charge in [-0.3, -0.25) is 0 Å². The highest BCUT2D eigenvalue weighted by Crippen LogP contribution is 2.39. The molecule has 0 aromatic heterocycles. The standard InChI is InChI=1S/C12H15FO2/c1-8-5-9(7-12(14)3-4-12)11(13)10(6-8)15-2/h5-6,14H,3-4,7H2,1-2H3. The van der Waals surface area contributed by atoms with Crippen LogP contribution in [0.4, 0.5) is 4.39 Å². The lowest BCUT2D eigenvalue weighted by Crippen LogP contribution is -2.12. The summed E-state index contributed by atoms with van der Waals surface area (Å²) >= 11 is 0. The Morgan fingerprint density at radius 2 is 2.13 bits per heavy atom. The van der Waals surface area contributed by atoms with Gasteiger partial charge in [0.1, 0.15) is 0 Å². The van der Waals surface area contributed by atoms with E-state index in [9.17, 15) is 9.50 Å². The number of halogens is 1. The van der Waals surface area contributed by atoms with E-state index in [4.69, 9.17) is 4.74 Å². The first-order valence-electron chi connectivity index (χ1n) is 5.09. The number of hydrogen-bond donors (Lipinski definition) is 1. The third-order valence-corrected chi connectivity index (χ3v) is 2.83. The number of hydrogen-bond acceptors (Lipinski definition) is 2. The Labute approximate surface area is 88.7 Å². The monoisotopic (exact) mass is 210 g/mol. The van der Waals surface area contributed by atoms with E-state index in [1.54, 1.807) is 12.1 Å². The quantitative estimate of drug-likeness (QED) is 0.828. The molecule has 0 unspecified atom stereocenters. The molecule has 1 N–H and O–H groups in total. The molecule has 0 amide bonds. The zero-order valence-corrected chi connectivity index (χ0v) is 9.01. The van der Waals surface area contributed by atoms with Gasteiger partial charge in [0, 0.05) is 6.42 Å². The van der Waals surface area contributed by atoms with E-state index in [-0.39, 0.29) is 11.6 Å². The molecular weight excluding hydrogens is 195 g/mol. The molecule has 2 rings (SSSR count). The summed E-state index contributed by atoms with van der Waals surface area (Å²) in [4.78, 5) is 0. The second-order valence-corrected chi connectivity index (χ2v) is 4.34. The van der Waals surface area contributed by atoms with Crippen molar-refractivity contribution in [2.24, 2.45) is 0 Å². The van der Waals surface area contributed by atoms with Gasteiger partial charge in [0.15, 0.2) is 11.6 Å². The van der Waals surface area contributed by atoms with Crippen molar-refractivity contribution in [1.82, 2.24) is 0 Å². The molecule has 1 aromatic carbocycles. The highest BCUT2D eigenvalue weighted by molar-refractivity contribution is 5.37. The summed E-state index contributed by atoms with van der Waals surface area (Å²) in [6.07, 6.45) is 1.92. The minimum atomic E-state index is -0.667. The van der Waals surface area contributed by atoms with Crippen molar-refractivity contribution < 1.29 is 14.2 Å². The summed E-state index contributed by atoms with van der Waals surface area (Å²) in [5.74, 6) is -0.0855. The van der Waals surface area contributed by atoms with Gasteiger partial charge < -0.3 is 9.84 Å². The molecule has 0 saturated heterocycles. The zero-order chi connectivity index (χ0) is 11.1. The maximum atomic E-state index is 13.8. The predicted octanol–water partition coefficient (Wildman–Crippen LogP) is 2.21. The number of aliphatic hydroxyl groups is 1. The molecule has 3 heteroatoms. The van der Waals surface area contributed by atoms with Crippen molar-refractivity contribution in [1.29, 1.82) is 0 Å². The maximum Gasteiger partial charge on any atom is 0.168 e. The number of methoxy groups -OCH3 is 1. The Morgan fingerprint density at radius 3 is 2.67 bits per heavy atom. The van der Waals surface area contributed by atoms with Crippen molar-refractivity contribution in [2.45, 2.75) is 31.8 Å². The normalized spacial score (nSPS) is 17.6. The predicted molar refractivity (Wildman–Crippen MR) is 55.6 cm³/mol. The molecule has 0 aliphatic heterocycles. The Hall–Kier alpha value is -1.09. The van der Waals surface area contributed by atoms with Gasteiger partial charge in [0.05, 0.1) is 12.7 Å². The summed E-state index contributed by atoms with van der Waals surface area (Å²) in [5.41, 5.74) is 0.832. The highest BCUT2D eigenvalue weighted by Gasteiger charge is 2.41. The minimum absolute atomic E-state index is 0.259. The van der Waals surface area contributed by atoms with E-state index < -0.39 is 5.60 Å². The third kappa shape index (κ3) is 2.12. The average molecular weight is 210 g/mol. The molecule has 1 saturated carbocycles. The Morgan fingerprint density at radius 1 is 1.47 bits per heavy atom. The van der Waals surface area contributed by atoms with Crippen LogP contribution in [0.2, 0.25) is 0 Å². The van der Waals surface area contributed by atoms with Crippen LogP contribution in [0.5, 0.6) is 5.75 Å². The van der Waals surface area contributed by atoms with Gasteiger partial charge in [-0.05, 0) is 37.0 Å². The molecular formula is C12H15FO2. The van der Waals surface area contributed by atoms with Crippen LogP contribution in [-0.2, 0) is 6.42 Å². The average Bonchev–Trinajstić information content (AvgIpc) is 2.89. The van der Waals surface area contributed by atoms with Gasteiger partial charge in [-0.1, -0.05) is 6.07 Å². The van der Waals surface area contributed by atoms with Crippen LogP contribution in [0.15, 0.2) is 12.1 Å². The van der Waals surface area contributed by atoms with Gasteiger partial charge in [-0.25, -0.2) is 4.39 Å². The summed E-state index contributed by atoms with van der Waals surface area (Å²) in [6.45, 7) is 1.89. The molecule has 1 aliphatic rings. The summed E-state index contributed by atoms with van der Waals surface area (Å²) in [5, 5.41) is 9.75. The molecule has 1 fully saturated rings. The van der Waals surface area contributed by atoms with Crippen LogP contribution >= 0.6 is 0 Å². The van der Waals surface area contributed by atoms with Gasteiger partial charge in [0.25, 0.3) is 0 Å². The fourth-order valence-electron chi connectivity index (χ4n) is 1.76. The second-order valence-electron chi connectivity index (χ2n) is 4.34. The lowest BCUT2D eigenvalue weighted by Gasteiger charge is -2.12. The van der Waals surface area contributed by atoms with Gasteiger partial charge >= 0.3 is 0 Å². The van der Waals surface area contributed by atoms with Crippen molar-refractivity contribution >= 4 is 0 Å². The lowest BCUT2D eigenvalue weighted by molar-refractivity contribution is 0.149. The summed E-state index contributed by atoms with van der Waals surface area (Å²) in [6, 6.07) is 3.43. The van der Waals surface area contributed by atoms with Crippen LogP contribution in [0, 0.1) is 12.7 Å². The van der Waals surface area contributed by atoms with Crippen molar-refractivity contribution in [3.05, 3.63) is 29.1 Å². The molecule has 1 aliphatic carbocycles. The first kappa shape index (κ1) is 10.4. The second kappa shape index (κ2) is 3.49. The zero-order valence-electron chi connectivity index (χ0n) is 9.01. The SMILES string of the molecule is COc1cc(C)cc(CC2(O)CC2)c1F. The fraction of sp³-hybridized carbons (Fsp3) is 0.500. The van der Waals surface area contributed by atoms with Crippen LogP contribution in [-0.4, -0.2) is 17.8 Å². The van der Waals surface area contributed by atoms with Gasteiger partial charge in [-0.2, -0.15) is 0 Å². The van der Waals surface area contributed by atoms with Crippen LogP contribution < -0.4 is 4.74 Å². The molecule has 2 nitrogen and oxygen atoms in total. The van der Waals surface area contributed by atoms with Crippen molar-refractivity contribution in [2.75, 3.05) is 7.11 Å². The number of rotatable bonds is 3. The molecule has 0 spiro atoms. The van der Waals surface area contributed by atoms with E-state index in [1.807, 2.05) is 6.92 Å². The molecule has 1 aromatic rings. The maximum absolute atomic E-state index is 13.8. The molecule has 0 radical (unpaired) electrons. The first-order chi connectivity index (χ1) is 7.04. The van der Waals surface area contributed by atoms with Crippen LogP contribution in [0.1, 0.15) is 24.0 Å². The molecule has 0 atom stereocenters. The Bertz CT molecular complexity index is 383. The topological polar surface area (TPSA) is 29.5 Å². The van der Waals surface area contributed by atoms with E-state index >= 15 is 0 Å². The van der Waals surface area contributed by atoms with Gasteiger partial charge in [-0.15, -0.1) is 0 Å². The fourth-order valence-corrected chi connectivity index (χ4v) is 1.76. The van der Waals surface area contributed by atoms with Crippen molar-refractivity contribution in [3.8, 4) is 5.75 Å². The molecule has 0 heterocycles. The van der Waals surface area contributed by atoms with Crippen molar-refractivity contribution in [3.63, 3.8) is 0 Å². The highest BCUT2D eigenvalue weighted by atomic mass is 19.1. The Balaban J connectivity index is 2.32. The minimum Gasteiger partial charge on any atom is -0.494 e. The van der Waals surface area contributed by atoms with E-state index in [0.29, 0.717) is 12.0 Å². The summed E-state index contributed by atoms with van der Waals surface area (Å²) < 4.78 is 18.7. The number of aryl methyl sites for hydroxylation is 1. The van der Waals surface area contributed by atoms with Crippen LogP contribution in [0.25, 0.3) is 0 Å². The summed E-state index contributed by atoms with van der Waals surface area (Å²) in [7, 11) is 1.45.